The maximum absolute atomic E-state index is 13.0. The van der Waals surface area contributed by atoms with Crippen molar-refractivity contribution in [3.63, 3.8) is 0 Å². The molecule has 5 N–H and O–H groups in total. The number of primary amides is 1. The number of nitrogens with two attached hydrogens (primary N) is 1. The summed E-state index contributed by atoms with van der Waals surface area (Å²) in [6.07, 6.45) is 2.63. The SMILES string of the molecule is [CH2-]CS(=O)(=O)c1ccc(N=Nc2c(SOO[O-])cc3c(S(=O)(=O)[O-])c(Nc4nc(Nc5ccccc5S(=O)(=O)[O-])nc(-[n+]5cccc(C(N)=O)c5)n4)ccc3c2O)cc1.[Na+].[Na+].[Na+].[Na+]. The van der Waals surface area contributed by atoms with E-state index in [0.717, 1.165) is 18.2 Å². The van der Waals surface area contributed by atoms with Gasteiger partial charge in [0.2, 0.25) is 0 Å². The van der Waals surface area contributed by atoms with Crippen molar-refractivity contribution >= 4 is 93.4 Å². The Labute approximate surface area is 451 Å². The number of nitrogens with one attached hydrogen (secondary N) is 2. The molecule has 0 fully saturated rings. The molecule has 4 aromatic carbocycles. The Morgan fingerprint density at radius 3 is 2.05 bits per heavy atom. The first-order valence-electron chi connectivity index (χ1n) is 16.0. The van der Waals surface area contributed by atoms with Gasteiger partial charge in [-0.05, 0) is 76.7 Å². The average molecular weight is 975 g/mol. The second-order valence-corrected chi connectivity index (χ2v) is 17.2. The van der Waals surface area contributed by atoms with Crippen LogP contribution in [-0.4, -0.2) is 66.1 Å². The van der Waals surface area contributed by atoms with Crippen molar-refractivity contribution < 1.29 is 182 Å². The molecule has 22 nitrogen and oxygen atoms in total. The number of pyridine rings is 1. The molecule has 0 radical (unpaired) electrons. The number of carbonyl (C=O) groups is 1. The molecule has 0 spiro atoms. The second kappa shape index (κ2) is 24.0. The smallest absolute Gasteiger partial charge is 0.744 e. The van der Waals surface area contributed by atoms with Crippen LogP contribution in [0.2, 0.25) is 0 Å². The zero-order valence-corrected chi connectivity index (χ0v) is 44.6. The molecule has 2 heterocycles. The van der Waals surface area contributed by atoms with Gasteiger partial charge in [0.05, 0.1) is 66.6 Å². The van der Waals surface area contributed by atoms with Gasteiger partial charge in [-0.2, -0.15) is 9.45 Å². The number of hydrogen-bond acceptors (Lipinski definition) is 21. The minimum atomic E-state index is -5.50. The number of hydrogen-bond donors (Lipinski definition) is 4. The summed E-state index contributed by atoms with van der Waals surface area (Å²) in [7, 11) is -14.2. The van der Waals surface area contributed by atoms with E-state index in [4.69, 9.17) is 5.73 Å². The van der Waals surface area contributed by atoms with E-state index in [1.165, 1.54) is 77.6 Å². The van der Waals surface area contributed by atoms with Gasteiger partial charge in [-0.1, -0.05) is 17.9 Å². The molecule has 0 atom stereocenters. The molecule has 0 aliphatic rings. The monoisotopic (exact) mass is 974 g/mol. The maximum Gasteiger partial charge on any atom is 1.00 e. The van der Waals surface area contributed by atoms with Gasteiger partial charge in [0.25, 0.3) is 5.91 Å². The van der Waals surface area contributed by atoms with E-state index in [9.17, 15) is 49.5 Å². The minimum absolute atomic E-state index is 0. The number of fused-ring (bicyclic) bond motifs is 1. The second-order valence-electron chi connectivity index (χ2n) is 11.6. The van der Waals surface area contributed by atoms with Crippen molar-refractivity contribution in [2.75, 3.05) is 16.4 Å². The number of phenolic OH excluding ortho intramolecular Hbond substituents is 1. The van der Waals surface area contributed by atoms with Gasteiger partial charge in [0.15, 0.2) is 15.6 Å². The number of rotatable bonds is 15. The molecule has 0 aliphatic heterocycles. The molecule has 6 aromatic rings. The summed E-state index contributed by atoms with van der Waals surface area (Å²) in [5.41, 5.74) is 4.41. The zero-order valence-electron chi connectivity index (χ0n) is 33.3. The van der Waals surface area contributed by atoms with Crippen molar-refractivity contribution in [2.45, 2.75) is 19.6 Å². The van der Waals surface area contributed by atoms with E-state index in [1.54, 1.807) is 0 Å². The van der Waals surface area contributed by atoms with Crippen LogP contribution in [0.4, 0.5) is 34.6 Å². The molecule has 306 valence electrons. The van der Waals surface area contributed by atoms with Crippen LogP contribution in [0, 0.1) is 6.92 Å². The van der Waals surface area contributed by atoms with E-state index in [-0.39, 0.29) is 168 Å². The quantitative estimate of drug-likeness (QED) is 0.0108. The van der Waals surface area contributed by atoms with Gasteiger partial charge >= 0.3 is 136 Å². The number of phenols is 1. The van der Waals surface area contributed by atoms with Gasteiger partial charge in [-0.15, -0.1) is 10.1 Å². The summed E-state index contributed by atoms with van der Waals surface area (Å²) < 4.78 is 105. The van der Waals surface area contributed by atoms with Crippen LogP contribution in [0.25, 0.3) is 16.7 Å². The summed E-state index contributed by atoms with van der Waals surface area (Å²) in [5, 5.41) is 38.0. The molecule has 63 heavy (non-hydrogen) atoms. The van der Waals surface area contributed by atoms with Crippen molar-refractivity contribution in [2.24, 2.45) is 16.0 Å². The van der Waals surface area contributed by atoms with Crippen molar-refractivity contribution in [1.29, 1.82) is 0 Å². The van der Waals surface area contributed by atoms with Gasteiger partial charge in [-0.25, -0.2) is 29.8 Å². The van der Waals surface area contributed by atoms with Gasteiger partial charge < -0.3 is 42.8 Å². The zero-order chi connectivity index (χ0) is 42.7. The average Bonchev–Trinajstić information content (AvgIpc) is 3.19. The number of anilines is 4. The van der Waals surface area contributed by atoms with Crippen LogP contribution >= 0.6 is 12.0 Å². The topological polar surface area (TPSA) is 345 Å². The Bertz CT molecular complexity index is 3010. The molecule has 6 rings (SSSR count). The number of aromatic nitrogens is 4. The fourth-order valence-corrected chi connectivity index (χ4v) is 8.01. The molecule has 1 amide bonds. The molecule has 30 heteroatoms. The Morgan fingerprint density at radius 2 is 1.46 bits per heavy atom. The summed E-state index contributed by atoms with van der Waals surface area (Å²) in [6, 6.07) is 16.1. The number of sulfone groups is 1. The van der Waals surface area contributed by atoms with Gasteiger partial charge in [0.1, 0.15) is 25.9 Å². The van der Waals surface area contributed by atoms with E-state index >= 15 is 0 Å². The fourth-order valence-electron chi connectivity index (χ4n) is 5.28. The van der Waals surface area contributed by atoms with Crippen molar-refractivity contribution in [3.8, 4) is 11.7 Å². The molecule has 0 saturated heterocycles. The van der Waals surface area contributed by atoms with E-state index in [2.05, 4.69) is 52.1 Å². The predicted octanol–water partition coefficient (Wildman–Crippen LogP) is -9.33. The van der Waals surface area contributed by atoms with Crippen LogP contribution in [-0.2, 0) is 39.4 Å². The molecular weight excluding hydrogens is 951 g/mol. The Kier molecular flexibility index (Phi) is 21.7. The summed E-state index contributed by atoms with van der Waals surface area (Å²) in [6.45, 7) is 3.38. The standard InChI is InChI=1S/C33H27N9O13S4.4Na/c1-2-57(46,47)20-11-9-19(10-12-20)40-41-27-25(56-55-54-45)16-22-21(28(27)43)13-14-24(29(22)59(51,52)53)36-32-37-31(35-23-7-3-4-8-26(23)58(48,49)50)38-33(39-32)42-15-5-6-18(17-42)30(34)44;;;;/h3-17,43,45H,1-2H2,(H2,34,44)(H,48,49,50)(H,51,52,53)(H2,35,36,37,38,39);;;;/q;4*+1/p-3. The molecule has 2 aromatic heterocycles. The third kappa shape index (κ3) is 13.9. The molecule has 0 aliphatic carbocycles. The van der Waals surface area contributed by atoms with Crippen molar-refractivity contribution in [1.82, 2.24) is 15.0 Å². The first kappa shape index (κ1) is 56.9. The first-order valence-corrected chi connectivity index (χ1v) is 21.2. The molecule has 0 bridgehead atoms. The predicted molar refractivity (Wildman–Crippen MR) is 200 cm³/mol. The number of amides is 1. The Balaban J connectivity index is 0.00000341. The fraction of sp³-hybridized carbons (Fsp3) is 0.0303. The largest absolute Gasteiger partial charge is 1.00 e. The molecule has 0 unspecified atom stereocenters. The third-order valence-electron chi connectivity index (χ3n) is 7.90. The number of benzene rings is 4. The summed E-state index contributed by atoms with van der Waals surface area (Å²) in [4.78, 5) is 22.6. The number of nitrogens with zero attached hydrogens (tertiary/aromatic N) is 6. The minimum Gasteiger partial charge on any atom is -0.744 e. The summed E-state index contributed by atoms with van der Waals surface area (Å²) in [5.74, 6) is -3.14. The first-order chi connectivity index (χ1) is 27.9. The molecular formula is C33H24N9Na4O13S4+. The van der Waals surface area contributed by atoms with Crippen molar-refractivity contribution in [3.05, 3.63) is 104 Å². The van der Waals surface area contributed by atoms with Crippen LogP contribution in [0.1, 0.15) is 10.4 Å². The van der Waals surface area contributed by atoms with Gasteiger partial charge in [0, 0.05) is 10.8 Å². The normalized spacial score (nSPS) is 11.4. The number of aromatic hydroxyl groups is 1. The van der Waals surface area contributed by atoms with Gasteiger partial charge in [-0.3, -0.25) is 9.83 Å². The van der Waals surface area contributed by atoms with Crippen LogP contribution in [0.5, 0.6) is 5.75 Å². The van der Waals surface area contributed by atoms with E-state index < -0.39 is 85.9 Å². The number of carbonyl (C=O) groups excluding carboxylic acids is 1. The number of azo groups is 1. The number of para-hydroxylation sites is 1. The van der Waals surface area contributed by atoms with E-state index in [1.807, 2.05) is 0 Å². The van der Waals surface area contributed by atoms with Crippen LogP contribution in [0.3, 0.4) is 0 Å². The molecule has 0 saturated carbocycles. The Hall–Kier alpha value is -2.23. The third-order valence-corrected chi connectivity index (χ3v) is 11.9. The van der Waals surface area contributed by atoms with Crippen LogP contribution in [0.15, 0.2) is 121 Å². The van der Waals surface area contributed by atoms with E-state index in [0.29, 0.717) is 0 Å². The van der Waals surface area contributed by atoms with Crippen LogP contribution < -0.4 is 144 Å². The summed E-state index contributed by atoms with van der Waals surface area (Å²) >= 11 is 0.164. The Morgan fingerprint density at radius 1 is 0.825 bits per heavy atom. The maximum atomic E-state index is 13.0.